The van der Waals surface area contributed by atoms with Crippen LogP contribution in [0.2, 0.25) is 0 Å². The molecular formula is C29H27N3O2. The van der Waals surface area contributed by atoms with Crippen molar-refractivity contribution in [3.8, 4) is 0 Å². The smallest absolute Gasteiger partial charge is 0.251 e. The Kier molecular flexibility index (Phi) is 6.25. The van der Waals surface area contributed by atoms with Gasteiger partial charge in [-0.15, -0.1) is 0 Å². The minimum atomic E-state index is -0.389. The number of fused-ring (bicyclic) bond motifs is 1. The topological polar surface area (TPSA) is 65.2 Å². The Bertz CT molecular complexity index is 1330. The van der Waals surface area contributed by atoms with Gasteiger partial charge in [0, 0.05) is 41.3 Å². The van der Waals surface area contributed by atoms with Gasteiger partial charge in [-0.3, -0.25) is 9.59 Å². The fraction of sp³-hybridized carbons (Fsp3) is 0.172. The van der Waals surface area contributed by atoms with Crippen LogP contribution in [-0.2, 0) is 4.79 Å². The van der Waals surface area contributed by atoms with Gasteiger partial charge in [0.1, 0.15) is 0 Å². The van der Waals surface area contributed by atoms with Gasteiger partial charge in [0.2, 0.25) is 5.91 Å². The summed E-state index contributed by atoms with van der Waals surface area (Å²) in [6, 6.07) is 26.7. The highest BCUT2D eigenvalue weighted by molar-refractivity contribution is 5.95. The predicted octanol–water partition coefficient (Wildman–Crippen LogP) is 5.35. The van der Waals surface area contributed by atoms with Gasteiger partial charge in [0.25, 0.3) is 5.91 Å². The number of para-hydroxylation sites is 1. The van der Waals surface area contributed by atoms with E-state index < -0.39 is 0 Å². The third-order valence-corrected chi connectivity index (χ3v) is 6.42. The first kappa shape index (κ1) is 21.7. The number of aromatic nitrogens is 1. The number of H-pyrrole nitrogens is 1. The van der Waals surface area contributed by atoms with Crippen molar-refractivity contribution < 1.29 is 9.59 Å². The zero-order chi connectivity index (χ0) is 23.3. The molecule has 34 heavy (non-hydrogen) atoms. The molecule has 4 aromatic rings. The molecule has 0 radical (unpaired) electrons. The molecule has 1 aliphatic heterocycles. The second-order valence-electron chi connectivity index (χ2n) is 8.57. The zero-order valence-corrected chi connectivity index (χ0v) is 18.9. The number of amides is 2. The van der Waals surface area contributed by atoms with Gasteiger partial charge < -0.3 is 15.2 Å². The lowest BCUT2D eigenvalue weighted by atomic mass is 9.98. The average molecular weight is 450 g/mol. The van der Waals surface area contributed by atoms with Crippen molar-refractivity contribution in [3.05, 3.63) is 114 Å². The predicted molar refractivity (Wildman–Crippen MR) is 135 cm³/mol. The number of hydrogen-bond donors (Lipinski definition) is 2. The first-order valence-corrected chi connectivity index (χ1v) is 11.6. The SMILES string of the molecule is O=C(NC(CC(=O)N1CC=C(c2c[nH]c3ccccc23)CC1)c1ccccc1)c1ccccc1. The molecule has 2 amide bonds. The van der Waals surface area contributed by atoms with Crippen LogP contribution >= 0.6 is 0 Å². The van der Waals surface area contributed by atoms with E-state index in [9.17, 15) is 9.59 Å². The van der Waals surface area contributed by atoms with Crippen LogP contribution in [-0.4, -0.2) is 34.8 Å². The molecule has 1 atom stereocenters. The molecule has 0 fully saturated rings. The van der Waals surface area contributed by atoms with Gasteiger partial charge >= 0.3 is 0 Å². The number of carbonyl (C=O) groups excluding carboxylic acids is 2. The quantitative estimate of drug-likeness (QED) is 0.417. The summed E-state index contributed by atoms with van der Waals surface area (Å²) in [7, 11) is 0. The van der Waals surface area contributed by atoms with E-state index in [2.05, 4.69) is 34.7 Å². The molecule has 5 heteroatoms. The average Bonchev–Trinajstić information content (AvgIpc) is 3.33. The molecular weight excluding hydrogens is 422 g/mol. The summed E-state index contributed by atoms with van der Waals surface area (Å²) in [5, 5.41) is 4.27. The van der Waals surface area contributed by atoms with Crippen LogP contribution in [0.1, 0.15) is 40.4 Å². The number of benzene rings is 3. The van der Waals surface area contributed by atoms with Crippen molar-refractivity contribution in [3.63, 3.8) is 0 Å². The van der Waals surface area contributed by atoms with Gasteiger partial charge in [-0.1, -0.05) is 72.8 Å². The number of carbonyl (C=O) groups is 2. The van der Waals surface area contributed by atoms with E-state index in [0.29, 0.717) is 18.7 Å². The van der Waals surface area contributed by atoms with Crippen LogP contribution in [0.3, 0.4) is 0 Å². The van der Waals surface area contributed by atoms with Crippen LogP contribution in [0.4, 0.5) is 0 Å². The van der Waals surface area contributed by atoms with E-state index in [4.69, 9.17) is 0 Å². The highest BCUT2D eigenvalue weighted by Gasteiger charge is 2.24. The van der Waals surface area contributed by atoms with Crippen molar-refractivity contribution >= 4 is 28.3 Å². The maximum Gasteiger partial charge on any atom is 0.251 e. The number of rotatable bonds is 6. The molecule has 1 aromatic heterocycles. The minimum absolute atomic E-state index is 0.0384. The van der Waals surface area contributed by atoms with Gasteiger partial charge in [-0.2, -0.15) is 0 Å². The Balaban J connectivity index is 1.29. The number of aromatic amines is 1. The lowest BCUT2D eigenvalue weighted by Crippen LogP contribution is -2.38. The Morgan fingerprint density at radius 2 is 1.62 bits per heavy atom. The standard InChI is InChI=1S/C29H27N3O2/c33-28(32-17-15-21(16-18-32)25-20-30-26-14-8-7-13-24(25)26)19-27(22-9-3-1-4-10-22)31-29(34)23-11-5-2-6-12-23/h1-15,20,27,30H,16-19H2,(H,31,34). The summed E-state index contributed by atoms with van der Waals surface area (Å²) in [4.78, 5) is 31.3. The van der Waals surface area contributed by atoms with E-state index in [1.165, 1.54) is 16.5 Å². The molecule has 170 valence electrons. The van der Waals surface area contributed by atoms with Crippen LogP contribution in [0.25, 0.3) is 16.5 Å². The molecule has 1 aliphatic rings. The fourth-order valence-electron chi connectivity index (χ4n) is 4.55. The van der Waals surface area contributed by atoms with E-state index in [-0.39, 0.29) is 24.3 Å². The number of hydrogen-bond acceptors (Lipinski definition) is 2. The summed E-state index contributed by atoms with van der Waals surface area (Å²) in [6.45, 7) is 1.24. The zero-order valence-electron chi connectivity index (χ0n) is 18.9. The molecule has 5 nitrogen and oxygen atoms in total. The molecule has 0 saturated heterocycles. The molecule has 0 spiro atoms. The van der Waals surface area contributed by atoms with Gasteiger partial charge in [-0.05, 0) is 35.8 Å². The van der Waals surface area contributed by atoms with Crippen LogP contribution in [0, 0.1) is 0 Å². The van der Waals surface area contributed by atoms with Crippen LogP contribution in [0.5, 0.6) is 0 Å². The molecule has 2 N–H and O–H groups in total. The lowest BCUT2D eigenvalue weighted by Gasteiger charge is -2.29. The van der Waals surface area contributed by atoms with Crippen molar-refractivity contribution in [1.82, 2.24) is 15.2 Å². The van der Waals surface area contributed by atoms with Crippen LogP contribution in [0.15, 0.2) is 97.2 Å². The Morgan fingerprint density at radius 1 is 0.912 bits per heavy atom. The summed E-state index contributed by atoms with van der Waals surface area (Å²) in [5.74, 6) is -0.140. The summed E-state index contributed by atoms with van der Waals surface area (Å²) in [6.07, 6.45) is 5.23. The Morgan fingerprint density at radius 3 is 2.35 bits per heavy atom. The van der Waals surface area contributed by atoms with Crippen LogP contribution < -0.4 is 5.32 Å². The number of nitrogens with one attached hydrogen (secondary N) is 2. The Hall–Kier alpha value is -4.12. The molecule has 2 heterocycles. The summed E-state index contributed by atoms with van der Waals surface area (Å²) >= 11 is 0. The molecule has 3 aromatic carbocycles. The maximum atomic E-state index is 13.2. The molecule has 1 unspecified atom stereocenters. The molecule has 0 aliphatic carbocycles. The fourth-order valence-corrected chi connectivity index (χ4v) is 4.55. The Labute approximate surface area is 199 Å². The minimum Gasteiger partial charge on any atom is -0.361 e. The third-order valence-electron chi connectivity index (χ3n) is 6.42. The van der Waals surface area contributed by atoms with Gasteiger partial charge in [-0.25, -0.2) is 0 Å². The molecule has 0 saturated carbocycles. The van der Waals surface area contributed by atoms with Crippen molar-refractivity contribution in [2.75, 3.05) is 13.1 Å². The van der Waals surface area contributed by atoms with Gasteiger partial charge in [0.15, 0.2) is 0 Å². The molecule has 0 bridgehead atoms. The van der Waals surface area contributed by atoms with Gasteiger partial charge in [0.05, 0.1) is 12.5 Å². The maximum absolute atomic E-state index is 13.2. The second-order valence-corrected chi connectivity index (χ2v) is 8.57. The second kappa shape index (κ2) is 9.79. The third kappa shape index (κ3) is 4.64. The highest BCUT2D eigenvalue weighted by atomic mass is 16.2. The normalized spacial score (nSPS) is 14.5. The lowest BCUT2D eigenvalue weighted by molar-refractivity contribution is -0.131. The first-order chi connectivity index (χ1) is 16.7. The van der Waals surface area contributed by atoms with Crippen molar-refractivity contribution in [2.24, 2.45) is 0 Å². The number of nitrogens with zero attached hydrogens (tertiary/aromatic N) is 1. The monoisotopic (exact) mass is 449 g/mol. The highest BCUT2D eigenvalue weighted by Crippen LogP contribution is 2.29. The van der Waals surface area contributed by atoms with E-state index in [0.717, 1.165) is 17.5 Å². The first-order valence-electron chi connectivity index (χ1n) is 11.6. The van der Waals surface area contributed by atoms with E-state index in [1.807, 2.05) is 65.6 Å². The largest absolute Gasteiger partial charge is 0.361 e. The summed E-state index contributed by atoms with van der Waals surface area (Å²) < 4.78 is 0. The summed E-state index contributed by atoms with van der Waals surface area (Å²) in [5.41, 5.74) is 5.10. The van der Waals surface area contributed by atoms with E-state index >= 15 is 0 Å². The van der Waals surface area contributed by atoms with Crippen molar-refractivity contribution in [1.29, 1.82) is 0 Å². The van der Waals surface area contributed by atoms with Crippen molar-refractivity contribution in [2.45, 2.75) is 18.9 Å². The molecule has 5 rings (SSSR count). The van der Waals surface area contributed by atoms with E-state index in [1.54, 1.807) is 12.1 Å².